The minimum Gasteiger partial charge on any atom is -0.481 e. The van der Waals surface area contributed by atoms with Crippen LogP contribution in [0.15, 0.2) is 0 Å². The monoisotopic (exact) mass is 265 g/mol. The molecule has 3 aliphatic rings. The van der Waals surface area contributed by atoms with E-state index in [4.69, 9.17) is 5.11 Å². The van der Waals surface area contributed by atoms with Crippen LogP contribution >= 0.6 is 0 Å². The van der Waals surface area contributed by atoms with Gasteiger partial charge in [-0.3, -0.25) is 9.59 Å². The van der Waals surface area contributed by atoms with Crippen molar-refractivity contribution in [1.29, 1.82) is 0 Å². The molecule has 3 rings (SSSR count). The Bertz CT molecular complexity index is 382. The summed E-state index contributed by atoms with van der Waals surface area (Å²) in [6, 6.07) is 0.0900. The first-order valence-electron chi connectivity index (χ1n) is 7.64. The second-order valence-electron chi connectivity index (χ2n) is 6.75. The fourth-order valence-corrected chi connectivity index (χ4v) is 4.49. The number of carboxylic acids is 1. The lowest BCUT2D eigenvalue weighted by molar-refractivity contribution is -0.141. The molecular weight excluding hydrogens is 242 g/mol. The number of nitrogens with one attached hydrogen (secondary N) is 1. The molecule has 0 aromatic carbocycles. The van der Waals surface area contributed by atoms with Crippen LogP contribution in [0.25, 0.3) is 0 Å². The van der Waals surface area contributed by atoms with E-state index in [0.717, 1.165) is 18.3 Å². The van der Waals surface area contributed by atoms with Crippen LogP contribution in [0.1, 0.15) is 51.4 Å². The summed E-state index contributed by atoms with van der Waals surface area (Å²) < 4.78 is 0. The van der Waals surface area contributed by atoms with Crippen molar-refractivity contribution in [3.63, 3.8) is 0 Å². The van der Waals surface area contributed by atoms with Gasteiger partial charge in [0.25, 0.3) is 0 Å². The largest absolute Gasteiger partial charge is 0.481 e. The van der Waals surface area contributed by atoms with Crippen LogP contribution in [0, 0.1) is 23.7 Å². The van der Waals surface area contributed by atoms with Crippen molar-refractivity contribution < 1.29 is 14.7 Å². The third-order valence-electron chi connectivity index (χ3n) is 5.48. The molecule has 5 unspecified atom stereocenters. The number of carbonyl (C=O) groups is 2. The zero-order valence-corrected chi connectivity index (χ0v) is 11.3. The van der Waals surface area contributed by atoms with E-state index in [1.165, 1.54) is 25.7 Å². The normalized spacial score (nSPS) is 40.5. The number of hydrogen-bond acceptors (Lipinski definition) is 2. The standard InChI is InChI=1S/C15H23NO3/c17-14(8-12-6-9-1-2-10(12)5-9)16-13-4-3-11(7-13)15(18)19/h9-13H,1-8H2,(H,16,17)(H,18,19). The van der Waals surface area contributed by atoms with Crippen LogP contribution in [0.2, 0.25) is 0 Å². The van der Waals surface area contributed by atoms with Gasteiger partial charge in [0.15, 0.2) is 0 Å². The molecule has 0 radical (unpaired) electrons. The lowest BCUT2D eigenvalue weighted by atomic mass is 9.86. The summed E-state index contributed by atoms with van der Waals surface area (Å²) in [4.78, 5) is 22.9. The van der Waals surface area contributed by atoms with Gasteiger partial charge in [0, 0.05) is 12.5 Å². The zero-order chi connectivity index (χ0) is 13.4. The molecule has 3 aliphatic carbocycles. The predicted molar refractivity (Wildman–Crippen MR) is 70.5 cm³/mol. The Balaban J connectivity index is 1.43. The van der Waals surface area contributed by atoms with E-state index < -0.39 is 5.97 Å². The average molecular weight is 265 g/mol. The van der Waals surface area contributed by atoms with Crippen molar-refractivity contribution in [3.05, 3.63) is 0 Å². The number of carboxylic acid groups (broad SMARTS) is 1. The molecule has 4 nitrogen and oxygen atoms in total. The summed E-state index contributed by atoms with van der Waals surface area (Å²) in [7, 11) is 0. The highest BCUT2D eigenvalue weighted by Crippen LogP contribution is 2.49. The molecular formula is C15H23NO3. The molecule has 0 aliphatic heterocycles. The van der Waals surface area contributed by atoms with Crippen LogP contribution in [-0.2, 0) is 9.59 Å². The number of carbonyl (C=O) groups excluding carboxylic acids is 1. The fraction of sp³-hybridized carbons (Fsp3) is 0.867. The van der Waals surface area contributed by atoms with Gasteiger partial charge in [-0.1, -0.05) is 6.42 Å². The number of aliphatic carboxylic acids is 1. The smallest absolute Gasteiger partial charge is 0.306 e. The molecule has 0 aromatic rings. The Kier molecular flexibility index (Phi) is 3.50. The highest BCUT2D eigenvalue weighted by molar-refractivity contribution is 5.77. The maximum Gasteiger partial charge on any atom is 0.306 e. The SMILES string of the molecule is O=C(CC1CC2CCC1C2)NC1CCC(C(=O)O)C1. The molecule has 2 bridgehead atoms. The van der Waals surface area contributed by atoms with E-state index in [1.807, 2.05) is 0 Å². The van der Waals surface area contributed by atoms with Crippen molar-refractivity contribution in [2.24, 2.45) is 23.7 Å². The minimum absolute atomic E-state index is 0.0900. The number of amides is 1. The van der Waals surface area contributed by atoms with E-state index >= 15 is 0 Å². The molecule has 0 aromatic heterocycles. The minimum atomic E-state index is -0.718. The van der Waals surface area contributed by atoms with E-state index in [9.17, 15) is 9.59 Å². The summed E-state index contributed by atoms with van der Waals surface area (Å²) in [5.74, 6) is 1.43. The maximum atomic E-state index is 12.0. The van der Waals surface area contributed by atoms with Crippen LogP contribution in [0.3, 0.4) is 0 Å². The molecule has 1 amide bonds. The molecule has 4 heteroatoms. The molecule has 0 heterocycles. The lowest BCUT2D eigenvalue weighted by Gasteiger charge is -2.22. The molecule has 3 saturated carbocycles. The number of fused-ring (bicyclic) bond motifs is 2. The van der Waals surface area contributed by atoms with Gasteiger partial charge in [0.2, 0.25) is 5.91 Å². The van der Waals surface area contributed by atoms with Gasteiger partial charge in [-0.15, -0.1) is 0 Å². The summed E-state index contributed by atoms with van der Waals surface area (Å²) in [6.07, 6.45) is 8.04. The van der Waals surface area contributed by atoms with Crippen LogP contribution < -0.4 is 5.32 Å². The van der Waals surface area contributed by atoms with Crippen molar-refractivity contribution >= 4 is 11.9 Å². The van der Waals surface area contributed by atoms with E-state index in [1.54, 1.807) is 0 Å². The molecule has 106 valence electrons. The van der Waals surface area contributed by atoms with Crippen LogP contribution in [-0.4, -0.2) is 23.0 Å². The molecule has 0 spiro atoms. The van der Waals surface area contributed by atoms with Gasteiger partial charge in [-0.2, -0.15) is 0 Å². The summed E-state index contributed by atoms with van der Waals surface area (Å²) in [6.45, 7) is 0. The molecule has 2 N–H and O–H groups in total. The Morgan fingerprint density at radius 3 is 2.47 bits per heavy atom. The first-order valence-corrected chi connectivity index (χ1v) is 7.64. The number of hydrogen-bond donors (Lipinski definition) is 2. The highest BCUT2D eigenvalue weighted by atomic mass is 16.4. The number of rotatable bonds is 4. The van der Waals surface area contributed by atoms with Gasteiger partial charge < -0.3 is 10.4 Å². The Morgan fingerprint density at radius 1 is 1.05 bits per heavy atom. The first kappa shape index (κ1) is 12.9. The predicted octanol–water partition coefficient (Wildman–Crippen LogP) is 2.18. The summed E-state index contributed by atoms with van der Waals surface area (Å²) in [5, 5.41) is 12.0. The fourth-order valence-electron chi connectivity index (χ4n) is 4.49. The van der Waals surface area contributed by atoms with E-state index in [0.29, 0.717) is 25.2 Å². The van der Waals surface area contributed by atoms with Crippen molar-refractivity contribution in [2.75, 3.05) is 0 Å². The van der Waals surface area contributed by atoms with E-state index in [2.05, 4.69) is 5.32 Å². The Morgan fingerprint density at radius 2 is 1.89 bits per heavy atom. The third kappa shape index (κ3) is 2.77. The third-order valence-corrected chi connectivity index (χ3v) is 5.48. The Hall–Kier alpha value is -1.06. The highest BCUT2D eigenvalue weighted by Gasteiger charge is 2.40. The van der Waals surface area contributed by atoms with Crippen molar-refractivity contribution in [1.82, 2.24) is 5.32 Å². The van der Waals surface area contributed by atoms with Crippen LogP contribution in [0.4, 0.5) is 0 Å². The first-order chi connectivity index (χ1) is 9.11. The lowest BCUT2D eigenvalue weighted by Crippen LogP contribution is -2.35. The van der Waals surface area contributed by atoms with Gasteiger partial charge in [0.1, 0.15) is 0 Å². The average Bonchev–Trinajstić information content (AvgIpc) is 3.03. The van der Waals surface area contributed by atoms with Gasteiger partial charge in [-0.25, -0.2) is 0 Å². The zero-order valence-electron chi connectivity index (χ0n) is 11.3. The quantitative estimate of drug-likeness (QED) is 0.818. The van der Waals surface area contributed by atoms with Gasteiger partial charge in [0.05, 0.1) is 5.92 Å². The van der Waals surface area contributed by atoms with Crippen LogP contribution in [0.5, 0.6) is 0 Å². The molecule has 5 atom stereocenters. The topological polar surface area (TPSA) is 66.4 Å². The summed E-state index contributed by atoms with van der Waals surface area (Å²) >= 11 is 0. The second kappa shape index (κ2) is 5.14. The van der Waals surface area contributed by atoms with Crippen molar-refractivity contribution in [2.45, 2.75) is 57.4 Å². The molecule has 19 heavy (non-hydrogen) atoms. The summed E-state index contributed by atoms with van der Waals surface area (Å²) in [5.41, 5.74) is 0. The van der Waals surface area contributed by atoms with Crippen molar-refractivity contribution in [3.8, 4) is 0 Å². The van der Waals surface area contributed by atoms with Gasteiger partial charge >= 0.3 is 5.97 Å². The maximum absolute atomic E-state index is 12.0. The molecule has 0 saturated heterocycles. The van der Waals surface area contributed by atoms with Gasteiger partial charge in [-0.05, 0) is 56.3 Å². The van der Waals surface area contributed by atoms with E-state index in [-0.39, 0.29) is 17.9 Å². The molecule has 3 fully saturated rings. The Labute approximate surface area is 113 Å². The second-order valence-corrected chi connectivity index (χ2v) is 6.75.